The van der Waals surface area contributed by atoms with Crippen molar-refractivity contribution >= 4 is 46.6 Å². The highest BCUT2D eigenvalue weighted by Gasteiger charge is 2.26. The number of anilines is 2. The number of rotatable bonds is 7. The van der Waals surface area contributed by atoms with E-state index in [4.69, 9.17) is 11.6 Å². The first kappa shape index (κ1) is 22.2. The molecule has 0 unspecified atom stereocenters. The molecule has 0 saturated heterocycles. The molecule has 0 aromatic heterocycles. The van der Waals surface area contributed by atoms with Crippen molar-refractivity contribution in [1.82, 2.24) is 5.32 Å². The SMILES string of the molecule is Cc1ccc(CNC(=O)c2ccc3c(c2)NC(=O)[C@H](CSCc2ccccc2Cl)N3)cc1. The summed E-state index contributed by atoms with van der Waals surface area (Å²) in [6, 6.07) is 20.7. The Labute approximate surface area is 196 Å². The molecule has 0 aliphatic carbocycles. The number of carbonyl (C=O) groups excluding carboxylic acids is 2. The largest absolute Gasteiger partial charge is 0.371 e. The molecule has 3 aromatic rings. The van der Waals surface area contributed by atoms with Crippen LogP contribution >= 0.6 is 23.4 Å². The zero-order chi connectivity index (χ0) is 22.5. The topological polar surface area (TPSA) is 70.2 Å². The molecule has 1 heterocycles. The summed E-state index contributed by atoms with van der Waals surface area (Å²) < 4.78 is 0. The first-order chi connectivity index (χ1) is 15.5. The maximum Gasteiger partial charge on any atom is 0.251 e. The smallest absolute Gasteiger partial charge is 0.251 e. The second kappa shape index (κ2) is 10.1. The van der Waals surface area contributed by atoms with Gasteiger partial charge >= 0.3 is 0 Å². The third kappa shape index (κ3) is 5.44. The molecule has 7 heteroatoms. The number of hydrogen-bond donors (Lipinski definition) is 3. The van der Waals surface area contributed by atoms with Crippen LogP contribution in [0.2, 0.25) is 5.02 Å². The Kier molecular flexibility index (Phi) is 7.02. The molecule has 3 aromatic carbocycles. The van der Waals surface area contributed by atoms with Crippen molar-refractivity contribution in [3.05, 3.63) is 94.0 Å². The molecule has 2 amide bonds. The van der Waals surface area contributed by atoms with E-state index in [0.717, 1.165) is 27.6 Å². The van der Waals surface area contributed by atoms with Gasteiger partial charge in [0.25, 0.3) is 5.91 Å². The number of amides is 2. The van der Waals surface area contributed by atoms with Crippen LogP contribution in [0.1, 0.15) is 27.0 Å². The lowest BCUT2D eigenvalue weighted by Gasteiger charge is -2.27. The molecule has 0 fully saturated rings. The van der Waals surface area contributed by atoms with Crippen molar-refractivity contribution in [2.24, 2.45) is 0 Å². The molecular formula is C25H24ClN3O2S. The van der Waals surface area contributed by atoms with Gasteiger partial charge in [0.1, 0.15) is 6.04 Å². The van der Waals surface area contributed by atoms with Gasteiger partial charge in [-0.2, -0.15) is 11.8 Å². The molecule has 0 spiro atoms. The van der Waals surface area contributed by atoms with Crippen molar-refractivity contribution < 1.29 is 9.59 Å². The second-order valence-electron chi connectivity index (χ2n) is 7.72. The maximum atomic E-state index is 12.6. The lowest BCUT2D eigenvalue weighted by atomic mass is 10.1. The molecule has 3 N–H and O–H groups in total. The number of halogens is 1. The summed E-state index contributed by atoms with van der Waals surface area (Å²) in [5.41, 5.74) is 5.20. The van der Waals surface area contributed by atoms with Gasteiger partial charge in [-0.25, -0.2) is 0 Å². The van der Waals surface area contributed by atoms with Crippen LogP contribution in [-0.4, -0.2) is 23.6 Å². The van der Waals surface area contributed by atoms with Gasteiger partial charge in [0.15, 0.2) is 0 Å². The van der Waals surface area contributed by atoms with E-state index in [2.05, 4.69) is 16.0 Å². The summed E-state index contributed by atoms with van der Waals surface area (Å²) in [5, 5.41) is 9.86. The molecule has 0 bridgehead atoms. The van der Waals surface area contributed by atoms with Gasteiger partial charge in [-0.15, -0.1) is 0 Å². The van der Waals surface area contributed by atoms with E-state index >= 15 is 0 Å². The van der Waals surface area contributed by atoms with Crippen LogP contribution in [0.25, 0.3) is 0 Å². The number of nitrogens with one attached hydrogen (secondary N) is 3. The highest BCUT2D eigenvalue weighted by Crippen LogP contribution is 2.29. The summed E-state index contributed by atoms with van der Waals surface area (Å²) in [6.45, 7) is 2.48. The normalized spacial score (nSPS) is 14.8. The minimum absolute atomic E-state index is 0.110. The van der Waals surface area contributed by atoms with Crippen molar-refractivity contribution in [2.45, 2.75) is 25.3 Å². The van der Waals surface area contributed by atoms with Crippen LogP contribution in [0, 0.1) is 6.92 Å². The summed E-state index contributed by atoms with van der Waals surface area (Å²) >= 11 is 7.85. The lowest BCUT2D eigenvalue weighted by molar-refractivity contribution is -0.116. The van der Waals surface area contributed by atoms with E-state index in [0.29, 0.717) is 23.5 Å². The Bertz CT molecular complexity index is 1130. The molecule has 1 aliphatic rings. The number of fused-ring (bicyclic) bond motifs is 1. The van der Waals surface area contributed by atoms with Gasteiger partial charge in [0, 0.05) is 28.6 Å². The van der Waals surface area contributed by atoms with Crippen molar-refractivity contribution in [2.75, 3.05) is 16.4 Å². The van der Waals surface area contributed by atoms with Gasteiger partial charge in [-0.1, -0.05) is 59.6 Å². The number of carbonyl (C=O) groups is 2. The molecular weight excluding hydrogens is 442 g/mol. The van der Waals surface area contributed by atoms with Crippen LogP contribution in [0.5, 0.6) is 0 Å². The average Bonchev–Trinajstić information content (AvgIpc) is 2.79. The number of hydrogen-bond acceptors (Lipinski definition) is 4. The van der Waals surface area contributed by atoms with E-state index in [-0.39, 0.29) is 17.9 Å². The molecule has 32 heavy (non-hydrogen) atoms. The minimum Gasteiger partial charge on any atom is -0.371 e. The first-order valence-corrected chi connectivity index (χ1v) is 11.9. The fourth-order valence-electron chi connectivity index (χ4n) is 3.40. The first-order valence-electron chi connectivity index (χ1n) is 10.4. The van der Waals surface area contributed by atoms with E-state index in [1.165, 1.54) is 5.56 Å². The van der Waals surface area contributed by atoms with Crippen molar-refractivity contribution in [3.63, 3.8) is 0 Å². The molecule has 1 atom stereocenters. The average molecular weight is 466 g/mol. The zero-order valence-corrected chi connectivity index (χ0v) is 19.2. The quantitative estimate of drug-likeness (QED) is 0.446. The maximum absolute atomic E-state index is 12.6. The van der Waals surface area contributed by atoms with Crippen LogP contribution in [-0.2, 0) is 17.1 Å². The molecule has 0 radical (unpaired) electrons. The Morgan fingerprint density at radius 1 is 1.06 bits per heavy atom. The third-order valence-electron chi connectivity index (χ3n) is 5.26. The second-order valence-corrected chi connectivity index (χ2v) is 9.16. The van der Waals surface area contributed by atoms with Crippen LogP contribution in [0.4, 0.5) is 11.4 Å². The number of thioether (sulfide) groups is 1. The van der Waals surface area contributed by atoms with Crippen LogP contribution in [0.3, 0.4) is 0 Å². The van der Waals surface area contributed by atoms with Gasteiger partial charge in [0.05, 0.1) is 11.4 Å². The molecule has 5 nitrogen and oxygen atoms in total. The van der Waals surface area contributed by atoms with E-state index in [1.807, 2.05) is 61.5 Å². The molecule has 164 valence electrons. The standard InChI is InChI=1S/C25H24ClN3O2S/c1-16-6-8-17(9-7-16)13-27-24(30)18-10-11-21-22(12-18)29-25(31)23(28-21)15-32-14-19-4-2-3-5-20(19)26/h2-12,23,28H,13-15H2,1H3,(H,27,30)(H,29,31)/t23-/m0/s1. The van der Waals surface area contributed by atoms with Gasteiger partial charge in [-0.05, 0) is 42.3 Å². The van der Waals surface area contributed by atoms with E-state index in [9.17, 15) is 9.59 Å². The van der Waals surface area contributed by atoms with Crippen LogP contribution < -0.4 is 16.0 Å². The van der Waals surface area contributed by atoms with Crippen LogP contribution in [0.15, 0.2) is 66.7 Å². The van der Waals surface area contributed by atoms with Crippen molar-refractivity contribution in [1.29, 1.82) is 0 Å². The summed E-state index contributed by atoms with van der Waals surface area (Å²) in [4.78, 5) is 25.1. The number of aryl methyl sites for hydroxylation is 1. The van der Waals surface area contributed by atoms with E-state index in [1.54, 1.807) is 23.9 Å². The fraction of sp³-hybridized carbons (Fsp3) is 0.200. The predicted molar refractivity (Wildman–Crippen MR) is 132 cm³/mol. The highest BCUT2D eigenvalue weighted by atomic mass is 35.5. The zero-order valence-electron chi connectivity index (χ0n) is 17.7. The monoisotopic (exact) mass is 465 g/mol. The molecule has 0 saturated carbocycles. The van der Waals surface area contributed by atoms with Gasteiger partial charge < -0.3 is 16.0 Å². The van der Waals surface area contributed by atoms with Gasteiger partial charge in [-0.3, -0.25) is 9.59 Å². The van der Waals surface area contributed by atoms with Crippen molar-refractivity contribution in [3.8, 4) is 0 Å². The Balaban J connectivity index is 1.34. The highest BCUT2D eigenvalue weighted by molar-refractivity contribution is 7.98. The summed E-state index contributed by atoms with van der Waals surface area (Å²) in [7, 11) is 0. The molecule has 4 rings (SSSR count). The minimum atomic E-state index is -0.351. The summed E-state index contributed by atoms with van der Waals surface area (Å²) in [5.74, 6) is 1.05. The summed E-state index contributed by atoms with van der Waals surface area (Å²) in [6.07, 6.45) is 0. The molecule has 1 aliphatic heterocycles. The van der Waals surface area contributed by atoms with Gasteiger partial charge in [0.2, 0.25) is 5.91 Å². The third-order valence-corrected chi connectivity index (χ3v) is 6.71. The Morgan fingerprint density at radius 2 is 1.84 bits per heavy atom. The fourth-order valence-corrected chi connectivity index (χ4v) is 4.74. The predicted octanol–water partition coefficient (Wildman–Crippen LogP) is 5.24. The Morgan fingerprint density at radius 3 is 2.62 bits per heavy atom. The number of benzene rings is 3. The lowest BCUT2D eigenvalue weighted by Crippen LogP contribution is -2.40. The Hall–Kier alpha value is -2.96. The van der Waals surface area contributed by atoms with E-state index < -0.39 is 0 Å².